The molecule has 0 spiro atoms. The molecule has 1 fully saturated rings. The van der Waals surface area contributed by atoms with Crippen LogP contribution in [-0.4, -0.2) is 43.9 Å². The summed E-state index contributed by atoms with van der Waals surface area (Å²) in [6.07, 6.45) is 3.57. The highest BCUT2D eigenvalue weighted by Crippen LogP contribution is 2.23. The summed E-state index contributed by atoms with van der Waals surface area (Å²) in [7, 11) is 1.72. The SMILES string of the molecule is CN=C(NCc1ccon1)NC1CCCN(c2ccc(OC(F)F)cc2)C1.I. The number of nitrogens with zero attached hydrogens (tertiary/aromatic N) is 3. The molecular weight excluding hydrogens is 483 g/mol. The maximum absolute atomic E-state index is 12.3. The van der Waals surface area contributed by atoms with E-state index >= 15 is 0 Å². The van der Waals surface area contributed by atoms with Crippen LogP contribution in [0.5, 0.6) is 5.75 Å². The fourth-order valence-corrected chi connectivity index (χ4v) is 3.06. The Morgan fingerprint density at radius 3 is 2.79 bits per heavy atom. The minimum Gasteiger partial charge on any atom is -0.435 e. The van der Waals surface area contributed by atoms with Gasteiger partial charge in [-0.1, -0.05) is 5.16 Å². The van der Waals surface area contributed by atoms with E-state index in [1.807, 2.05) is 0 Å². The predicted molar refractivity (Wildman–Crippen MR) is 114 cm³/mol. The van der Waals surface area contributed by atoms with Gasteiger partial charge in [0.25, 0.3) is 0 Å². The Hall–Kier alpha value is -2.11. The molecule has 2 aromatic rings. The van der Waals surface area contributed by atoms with E-state index in [0.29, 0.717) is 12.5 Å². The highest BCUT2D eigenvalue weighted by Gasteiger charge is 2.21. The summed E-state index contributed by atoms with van der Waals surface area (Å²) in [5, 5.41) is 10.5. The standard InChI is InChI=1S/C18H23F2N5O2.HI/c1-21-18(22-11-13-8-10-26-24-13)23-14-3-2-9-25(12-14)15-4-6-16(7-5-15)27-17(19)20;/h4-8,10,14,17H,2-3,9,11-12H2,1H3,(H2,21,22,23);1H. The average molecular weight is 507 g/mol. The zero-order chi connectivity index (χ0) is 19.1. The van der Waals surface area contributed by atoms with Gasteiger partial charge in [0.2, 0.25) is 0 Å². The second-order valence-electron chi connectivity index (χ2n) is 6.22. The van der Waals surface area contributed by atoms with E-state index in [1.54, 1.807) is 37.4 Å². The molecule has 1 aromatic heterocycles. The van der Waals surface area contributed by atoms with Gasteiger partial charge in [-0.2, -0.15) is 8.78 Å². The quantitative estimate of drug-likeness (QED) is 0.356. The molecule has 0 amide bonds. The van der Waals surface area contributed by atoms with E-state index in [2.05, 4.69) is 30.4 Å². The third kappa shape index (κ3) is 6.50. The highest BCUT2D eigenvalue weighted by molar-refractivity contribution is 14.0. The summed E-state index contributed by atoms with van der Waals surface area (Å²) >= 11 is 0. The Bertz CT molecular complexity index is 728. The molecule has 1 saturated heterocycles. The van der Waals surface area contributed by atoms with Gasteiger partial charge in [-0.3, -0.25) is 4.99 Å². The van der Waals surface area contributed by atoms with Crippen LogP contribution in [0.3, 0.4) is 0 Å². The monoisotopic (exact) mass is 507 g/mol. The molecule has 154 valence electrons. The van der Waals surface area contributed by atoms with E-state index in [1.165, 1.54) is 6.26 Å². The van der Waals surface area contributed by atoms with Gasteiger partial charge in [0.15, 0.2) is 5.96 Å². The lowest BCUT2D eigenvalue weighted by molar-refractivity contribution is -0.0498. The van der Waals surface area contributed by atoms with E-state index in [4.69, 9.17) is 4.52 Å². The number of benzene rings is 1. The number of piperidine rings is 1. The van der Waals surface area contributed by atoms with Crippen LogP contribution < -0.4 is 20.3 Å². The molecule has 0 aliphatic carbocycles. The first-order valence-electron chi connectivity index (χ1n) is 8.80. The Kier molecular flexibility index (Phi) is 8.74. The molecule has 1 aliphatic rings. The second kappa shape index (κ2) is 11.0. The molecule has 28 heavy (non-hydrogen) atoms. The maximum atomic E-state index is 12.3. The van der Waals surface area contributed by atoms with Gasteiger partial charge in [0, 0.05) is 37.9 Å². The normalized spacial score (nSPS) is 17.2. The number of alkyl halides is 2. The van der Waals surface area contributed by atoms with E-state index in [9.17, 15) is 8.78 Å². The molecule has 1 atom stereocenters. The van der Waals surface area contributed by atoms with Gasteiger partial charge in [0.05, 0.1) is 6.54 Å². The van der Waals surface area contributed by atoms with Crippen LogP contribution in [0.15, 0.2) is 46.1 Å². The molecule has 1 unspecified atom stereocenters. The average Bonchev–Trinajstić information content (AvgIpc) is 3.19. The Morgan fingerprint density at radius 1 is 1.36 bits per heavy atom. The van der Waals surface area contributed by atoms with Crippen LogP contribution in [0.4, 0.5) is 14.5 Å². The summed E-state index contributed by atoms with van der Waals surface area (Å²) in [4.78, 5) is 6.47. The predicted octanol–water partition coefficient (Wildman–Crippen LogP) is 3.23. The number of rotatable bonds is 6. The van der Waals surface area contributed by atoms with Gasteiger partial charge >= 0.3 is 6.61 Å². The van der Waals surface area contributed by atoms with Crippen molar-refractivity contribution in [3.63, 3.8) is 0 Å². The fraction of sp³-hybridized carbons (Fsp3) is 0.444. The van der Waals surface area contributed by atoms with E-state index < -0.39 is 6.61 Å². The number of ether oxygens (including phenoxy) is 1. The van der Waals surface area contributed by atoms with Crippen molar-refractivity contribution in [2.75, 3.05) is 25.0 Å². The third-order valence-electron chi connectivity index (χ3n) is 4.34. The van der Waals surface area contributed by atoms with Crippen molar-refractivity contribution < 1.29 is 18.0 Å². The summed E-state index contributed by atoms with van der Waals surface area (Å²) < 4.78 is 33.8. The first-order chi connectivity index (χ1) is 13.1. The van der Waals surface area contributed by atoms with Crippen molar-refractivity contribution in [1.82, 2.24) is 15.8 Å². The van der Waals surface area contributed by atoms with Crippen LogP contribution in [-0.2, 0) is 6.54 Å². The maximum Gasteiger partial charge on any atom is 0.387 e. The van der Waals surface area contributed by atoms with E-state index in [0.717, 1.165) is 37.3 Å². The van der Waals surface area contributed by atoms with Crippen molar-refractivity contribution in [3.8, 4) is 5.75 Å². The molecule has 1 aliphatic heterocycles. The molecule has 0 radical (unpaired) electrons. The number of anilines is 1. The minimum absolute atomic E-state index is 0. The van der Waals surface area contributed by atoms with Crippen molar-refractivity contribution >= 4 is 35.6 Å². The zero-order valence-electron chi connectivity index (χ0n) is 15.5. The Balaban J connectivity index is 0.00000280. The number of aromatic nitrogens is 1. The molecule has 2 heterocycles. The molecule has 3 rings (SSSR count). The van der Waals surface area contributed by atoms with Crippen LogP contribution in [0.25, 0.3) is 0 Å². The number of aliphatic imine (C=N–C) groups is 1. The van der Waals surface area contributed by atoms with Gasteiger partial charge in [-0.25, -0.2) is 0 Å². The lowest BCUT2D eigenvalue weighted by Crippen LogP contribution is -2.51. The number of halogens is 3. The Morgan fingerprint density at radius 2 is 2.14 bits per heavy atom. The zero-order valence-corrected chi connectivity index (χ0v) is 17.8. The number of hydrogen-bond acceptors (Lipinski definition) is 5. The Labute approximate surface area is 179 Å². The van der Waals surface area contributed by atoms with Crippen molar-refractivity contribution in [1.29, 1.82) is 0 Å². The first kappa shape index (κ1) is 22.2. The number of nitrogens with one attached hydrogen (secondary N) is 2. The summed E-state index contributed by atoms with van der Waals surface area (Å²) in [5.74, 6) is 0.864. The van der Waals surface area contributed by atoms with E-state index in [-0.39, 0.29) is 35.8 Å². The minimum atomic E-state index is -2.81. The van der Waals surface area contributed by atoms with Gasteiger partial charge in [-0.05, 0) is 37.1 Å². The fourth-order valence-electron chi connectivity index (χ4n) is 3.06. The summed E-state index contributed by atoms with van der Waals surface area (Å²) in [6.45, 7) is -0.577. The van der Waals surface area contributed by atoms with Crippen LogP contribution in [0.1, 0.15) is 18.5 Å². The molecule has 0 saturated carbocycles. The van der Waals surface area contributed by atoms with Gasteiger partial charge in [-0.15, -0.1) is 24.0 Å². The topological polar surface area (TPSA) is 74.9 Å². The first-order valence-corrected chi connectivity index (χ1v) is 8.80. The molecule has 1 aromatic carbocycles. The number of hydrogen-bond donors (Lipinski definition) is 2. The largest absolute Gasteiger partial charge is 0.435 e. The molecule has 7 nitrogen and oxygen atoms in total. The number of guanidine groups is 1. The molecule has 2 N–H and O–H groups in total. The third-order valence-corrected chi connectivity index (χ3v) is 4.34. The van der Waals surface area contributed by atoms with Crippen LogP contribution in [0, 0.1) is 0 Å². The van der Waals surface area contributed by atoms with Crippen molar-refractivity contribution in [2.24, 2.45) is 4.99 Å². The summed E-state index contributed by atoms with van der Waals surface area (Å²) in [6, 6.07) is 8.76. The molecule has 0 bridgehead atoms. The van der Waals surface area contributed by atoms with Crippen molar-refractivity contribution in [3.05, 3.63) is 42.3 Å². The second-order valence-corrected chi connectivity index (χ2v) is 6.22. The lowest BCUT2D eigenvalue weighted by Gasteiger charge is -2.35. The van der Waals surface area contributed by atoms with Gasteiger partial charge in [0.1, 0.15) is 17.7 Å². The van der Waals surface area contributed by atoms with Crippen LogP contribution >= 0.6 is 24.0 Å². The molecular formula is C18H24F2IN5O2. The smallest absolute Gasteiger partial charge is 0.387 e. The highest BCUT2D eigenvalue weighted by atomic mass is 127. The van der Waals surface area contributed by atoms with Crippen LogP contribution in [0.2, 0.25) is 0 Å². The van der Waals surface area contributed by atoms with Crippen molar-refractivity contribution in [2.45, 2.75) is 32.0 Å². The lowest BCUT2D eigenvalue weighted by atomic mass is 10.0. The summed E-state index contributed by atoms with van der Waals surface area (Å²) in [5.41, 5.74) is 1.78. The van der Waals surface area contributed by atoms with Gasteiger partial charge < -0.3 is 24.8 Å². The molecule has 10 heteroatoms.